The SMILES string of the molecule is COc1ccc(OC)c(C(C)NC2CC(C)C2)c1. The zero-order valence-electron chi connectivity index (χ0n) is 11.7. The Balaban J connectivity index is 2.09. The van der Waals surface area contributed by atoms with E-state index in [0.29, 0.717) is 6.04 Å². The molecule has 18 heavy (non-hydrogen) atoms. The number of rotatable bonds is 5. The highest BCUT2D eigenvalue weighted by Crippen LogP contribution is 2.33. The fourth-order valence-corrected chi connectivity index (χ4v) is 2.66. The van der Waals surface area contributed by atoms with Gasteiger partial charge in [-0.2, -0.15) is 0 Å². The van der Waals surface area contributed by atoms with Gasteiger partial charge >= 0.3 is 0 Å². The molecular formula is C15H23NO2. The van der Waals surface area contributed by atoms with Gasteiger partial charge in [-0.15, -0.1) is 0 Å². The molecule has 0 aliphatic heterocycles. The first kappa shape index (κ1) is 13.2. The Morgan fingerprint density at radius 2 is 1.94 bits per heavy atom. The van der Waals surface area contributed by atoms with E-state index in [2.05, 4.69) is 25.2 Å². The van der Waals surface area contributed by atoms with E-state index in [-0.39, 0.29) is 6.04 Å². The lowest BCUT2D eigenvalue weighted by Gasteiger charge is -2.36. The van der Waals surface area contributed by atoms with Gasteiger partial charge in [-0.1, -0.05) is 6.92 Å². The van der Waals surface area contributed by atoms with Gasteiger partial charge in [0.15, 0.2) is 0 Å². The molecular weight excluding hydrogens is 226 g/mol. The van der Waals surface area contributed by atoms with Crippen LogP contribution in [0.15, 0.2) is 18.2 Å². The molecule has 0 aromatic heterocycles. The normalized spacial score (nSPS) is 24.2. The van der Waals surface area contributed by atoms with E-state index in [4.69, 9.17) is 9.47 Å². The Bertz CT molecular complexity index is 399. The predicted molar refractivity (Wildman–Crippen MR) is 73.3 cm³/mol. The molecule has 3 heteroatoms. The van der Waals surface area contributed by atoms with Crippen molar-refractivity contribution in [3.8, 4) is 11.5 Å². The van der Waals surface area contributed by atoms with Gasteiger partial charge in [0.05, 0.1) is 14.2 Å². The minimum absolute atomic E-state index is 0.285. The Morgan fingerprint density at radius 3 is 2.50 bits per heavy atom. The average molecular weight is 249 g/mol. The number of nitrogens with one attached hydrogen (secondary N) is 1. The van der Waals surface area contributed by atoms with Crippen molar-refractivity contribution < 1.29 is 9.47 Å². The van der Waals surface area contributed by atoms with E-state index < -0.39 is 0 Å². The molecule has 2 rings (SSSR count). The van der Waals surface area contributed by atoms with Crippen LogP contribution in [0, 0.1) is 5.92 Å². The summed E-state index contributed by atoms with van der Waals surface area (Å²) in [6.45, 7) is 4.48. The van der Waals surface area contributed by atoms with E-state index >= 15 is 0 Å². The van der Waals surface area contributed by atoms with Crippen LogP contribution < -0.4 is 14.8 Å². The summed E-state index contributed by atoms with van der Waals surface area (Å²) < 4.78 is 10.7. The molecule has 1 N–H and O–H groups in total. The summed E-state index contributed by atoms with van der Waals surface area (Å²) in [4.78, 5) is 0. The number of hydrogen-bond donors (Lipinski definition) is 1. The average Bonchev–Trinajstić information content (AvgIpc) is 2.36. The first-order valence-corrected chi connectivity index (χ1v) is 6.62. The summed E-state index contributed by atoms with van der Waals surface area (Å²) in [6.07, 6.45) is 2.55. The van der Waals surface area contributed by atoms with Gasteiger partial charge in [0.25, 0.3) is 0 Å². The summed E-state index contributed by atoms with van der Waals surface area (Å²) in [5, 5.41) is 3.65. The monoisotopic (exact) mass is 249 g/mol. The van der Waals surface area contributed by atoms with Crippen molar-refractivity contribution in [2.45, 2.75) is 38.8 Å². The third-order valence-electron chi connectivity index (χ3n) is 3.76. The van der Waals surface area contributed by atoms with Crippen LogP contribution in [-0.2, 0) is 0 Å². The first-order valence-electron chi connectivity index (χ1n) is 6.62. The minimum Gasteiger partial charge on any atom is -0.497 e. The second kappa shape index (κ2) is 5.61. The highest BCUT2D eigenvalue weighted by molar-refractivity contribution is 5.42. The number of methoxy groups -OCH3 is 2. The van der Waals surface area contributed by atoms with E-state index in [0.717, 1.165) is 23.0 Å². The van der Waals surface area contributed by atoms with Crippen molar-refractivity contribution in [3.63, 3.8) is 0 Å². The van der Waals surface area contributed by atoms with Gasteiger partial charge < -0.3 is 14.8 Å². The third-order valence-corrected chi connectivity index (χ3v) is 3.76. The third kappa shape index (κ3) is 2.78. The molecule has 1 aromatic carbocycles. The number of benzene rings is 1. The maximum absolute atomic E-state index is 5.42. The van der Waals surface area contributed by atoms with Crippen LogP contribution in [0.5, 0.6) is 11.5 Å². The van der Waals surface area contributed by atoms with Crippen LogP contribution in [0.4, 0.5) is 0 Å². The summed E-state index contributed by atoms with van der Waals surface area (Å²) in [5.41, 5.74) is 1.16. The minimum atomic E-state index is 0.285. The molecule has 1 atom stereocenters. The molecule has 1 fully saturated rings. The standard InChI is InChI=1S/C15H23NO2/c1-10-7-12(8-10)16-11(2)14-9-13(17-3)5-6-15(14)18-4/h5-6,9-12,16H,7-8H2,1-4H3. The molecule has 100 valence electrons. The fraction of sp³-hybridized carbons (Fsp3) is 0.600. The topological polar surface area (TPSA) is 30.5 Å². The summed E-state index contributed by atoms with van der Waals surface area (Å²) >= 11 is 0. The zero-order valence-corrected chi connectivity index (χ0v) is 11.7. The first-order chi connectivity index (χ1) is 8.63. The summed E-state index contributed by atoms with van der Waals surface area (Å²) in [6, 6.07) is 6.88. The van der Waals surface area contributed by atoms with E-state index in [1.807, 2.05) is 12.1 Å². The molecule has 0 spiro atoms. The Morgan fingerprint density at radius 1 is 1.22 bits per heavy atom. The van der Waals surface area contributed by atoms with Crippen LogP contribution in [0.1, 0.15) is 38.3 Å². The highest BCUT2D eigenvalue weighted by Gasteiger charge is 2.27. The molecule has 1 aliphatic rings. The van der Waals surface area contributed by atoms with Crippen LogP contribution in [0.25, 0.3) is 0 Å². The smallest absolute Gasteiger partial charge is 0.123 e. The molecule has 1 aromatic rings. The zero-order chi connectivity index (χ0) is 13.1. The summed E-state index contributed by atoms with van der Waals surface area (Å²) in [5.74, 6) is 2.66. The van der Waals surface area contributed by atoms with Crippen molar-refractivity contribution in [2.75, 3.05) is 14.2 Å². The molecule has 0 amide bonds. The molecule has 3 nitrogen and oxygen atoms in total. The molecule has 1 aliphatic carbocycles. The van der Waals surface area contributed by atoms with Gasteiger partial charge in [0.2, 0.25) is 0 Å². The Labute approximate surface area is 109 Å². The molecule has 1 unspecified atom stereocenters. The number of hydrogen-bond acceptors (Lipinski definition) is 3. The van der Waals surface area contributed by atoms with E-state index in [1.165, 1.54) is 12.8 Å². The lowest BCUT2D eigenvalue weighted by Crippen LogP contribution is -2.41. The van der Waals surface area contributed by atoms with Gasteiger partial charge in [-0.05, 0) is 43.9 Å². The van der Waals surface area contributed by atoms with Crippen molar-refractivity contribution >= 4 is 0 Å². The Hall–Kier alpha value is -1.22. The van der Waals surface area contributed by atoms with E-state index in [1.54, 1.807) is 14.2 Å². The molecule has 0 heterocycles. The van der Waals surface area contributed by atoms with Crippen LogP contribution in [-0.4, -0.2) is 20.3 Å². The van der Waals surface area contributed by atoms with Crippen LogP contribution in [0.3, 0.4) is 0 Å². The molecule has 1 saturated carbocycles. The maximum Gasteiger partial charge on any atom is 0.123 e. The second-order valence-corrected chi connectivity index (χ2v) is 5.27. The van der Waals surface area contributed by atoms with Crippen molar-refractivity contribution in [1.82, 2.24) is 5.32 Å². The highest BCUT2D eigenvalue weighted by atomic mass is 16.5. The quantitative estimate of drug-likeness (QED) is 0.869. The predicted octanol–water partition coefficient (Wildman–Crippen LogP) is 3.15. The van der Waals surface area contributed by atoms with E-state index in [9.17, 15) is 0 Å². The largest absolute Gasteiger partial charge is 0.497 e. The van der Waals surface area contributed by atoms with Crippen molar-refractivity contribution in [1.29, 1.82) is 0 Å². The second-order valence-electron chi connectivity index (χ2n) is 5.27. The Kier molecular flexibility index (Phi) is 4.12. The molecule has 0 bridgehead atoms. The van der Waals surface area contributed by atoms with Crippen LogP contribution >= 0.6 is 0 Å². The lowest BCUT2D eigenvalue weighted by atomic mass is 9.81. The van der Waals surface area contributed by atoms with Crippen LogP contribution in [0.2, 0.25) is 0 Å². The van der Waals surface area contributed by atoms with Gasteiger partial charge in [0, 0.05) is 17.6 Å². The van der Waals surface area contributed by atoms with Crippen molar-refractivity contribution in [2.24, 2.45) is 5.92 Å². The molecule has 0 radical (unpaired) electrons. The molecule has 0 saturated heterocycles. The van der Waals surface area contributed by atoms with Gasteiger partial charge in [-0.3, -0.25) is 0 Å². The lowest BCUT2D eigenvalue weighted by molar-refractivity contribution is 0.225. The fourth-order valence-electron chi connectivity index (χ4n) is 2.66. The van der Waals surface area contributed by atoms with Crippen molar-refractivity contribution in [3.05, 3.63) is 23.8 Å². The van der Waals surface area contributed by atoms with Gasteiger partial charge in [0.1, 0.15) is 11.5 Å². The number of ether oxygens (including phenoxy) is 2. The maximum atomic E-state index is 5.42. The van der Waals surface area contributed by atoms with Gasteiger partial charge in [-0.25, -0.2) is 0 Å². The summed E-state index contributed by atoms with van der Waals surface area (Å²) in [7, 11) is 3.40.